The van der Waals surface area contributed by atoms with Gasteiger partial charge < -0.3 is 0 Å². The lowest BCUT2D eigenvalue weighted by Gasteiger charge is -2.08. The Balaban J connectivity index is 2.64. The third-order valence-corrected chi connectivity index (χ3v) is 4.31. The highest BCUT2D eigenvalue weighted by Crippen LogP contribution is 2.20. The Hall–Kier alpha value is -1.62. The van der Waals surface area contributed by atoms with E-state index in [-0.39, 0.29) is 5.75 Å². The van der Waals surface area contributed by atoms with Gasteiger partial charge in [-0.1, -0.05) is 19.1 Å². The summed E-state index contributed by atoms with van der Waals surface area (Å²) in [7, 11) is -3.23. The zero-order valence-electron chi connectivity index (χ0n) is 9.79. The van der Waals surface area contributed by atoms with Crippen LogP contribution in [0.2, 0.25) is 0 Å². The summed E-state index contributed by atoms with van der Waals surface area (Å²) in [6, 6.07) is 6.91. The Bertz CT molecular complexity index is 629. The van der Waals surface area contributed by atoms with Gasteiger partial charge in [-0.2, -0.15) is 5.10 Å². The van der Waals surface area contributed by atoms with Crippen LogP contribution in [0.5, 0.6) is 0 Å². The summed E-state index contributed by atoms with van der Waals surface area (Å²) in [5.41, 5.74) is 1.59. The van der Waals surface area contributed by atoms with Crippen LogP contribution in [0.3, 0.4) is 0 Å². The number of aromatic nitrogens is 2. The summed E-state index contributed by atoms with van der Waals surface area (Å²) in [4.78, 5) is 0.325. The lowest BCUT2D eigenvalue weighted by molar-refractivity contribution is 0.596. The first-order valence-electron chi connectivity index (χ1n) is 5.38. The molecule has 0 amide bonds. The van der Waals surface area contributed by atoms with Crippen molar-refractivity contribution in [2.75, 3.05) is 5.75 Å². The van der Waals surface area contributed by atoms with Crippen LogP contribution in [0.1, 0.15) is 12.5 Å². The smallest absolute Gasteiger partial charge is 0.180 e. The van der Waals surface area contributed by atoms with Crippen LogP contribution in [0.15, 0.2) is 41.6 Å². The molecule has 0 unspecified atom stereocenters. The lowest BCUT2D eigenvalue weighted by atomic mass is 10.3. The van der Waals surface area contributed by atoms with E-state index >= 15 is 0 Å². The van der Waals surface area contributed by atoms with E-state index in [1.807, 2.05) is 13.1 Å². The van der Waals surface area contributed by atoms with Gasteiger partial charge in [0.05, 0.1) is 22.5 Å². The quantitative estimate of drug-likeness (QED) is 0.837. The van der Waals surface area contributed by atoms with Crippen LogP contribution < -0.4 is 0 Å². The first kappa shape index (κ1) is 11.9. The average Bonchev–Trinajstić information content (AvgIpc) is 2.76. The molecule has 0 spiro atoms. The summed E-state index contributed by atoms with van der Waals surface area (Å²) in [5.74, 6) is 0.0876. The van der Waals surface area contributed by atoms with Gasteiger partial charge in [-0.15, -0.1) is 0 Å². The fraction of sp³-hybridized carbons (Fsp3) is 0.250. The monoisotopic (exact) mass is 250 g/mol. The fourth-order valence-corrected chi connectivity index (χ4v) is 2.69. The van der Waals surface area contributed by atoms with Crippen molar-refractivity contribution in [3.8, 4) is 5.69 Å². The number of rotatable bonds is 3. The Labute approximate surface area is 101 Å². The number of para-hydroxylation sites is 1. The van der Waals surface area contributed by atoms with Crippen LogP contribution in [0.25, 0.3) is 5.69 Å². The highest BCUT2D eigenvalue weighted by molar-refractivity contribution is 7.91. The van der Waals surface area contributed by atoms with E-state index < -0.39 is 9.84 Å². The Kier molecular flexibility index (Phi) is 3.02. The lowest BCUT2D eigenvalue weighted by Crippen LogP contribution is -2.09. The van der Waals surface area contributed by atoms with Crippen molar-refractivity contribution in [2.24, 2.45) is 0 Å². The second-order valence-corrected chi connectivity index (χ2v) is 6.08. The molecule has 2 aromatic rings. The predicted octanol–water partition coefficient (Wildman–Crippen LogP) is 1.97. The van der Waals surface area contributed by atoms with Crippen molar-refractivity contribution >= 4 is 9.84 Å². The largest absolute Gasteiger partial charge is 0.239 e. The molecule has 0 saturated heterocycles. The molecule has 0 atom stereocenters. The third kappa shape index (κ3) is 2.24. The van der Waals surface area contributed by atoms with Gasteiger partial charge >= 0.3 is 0 Å². The third-order valence-electron chi connectivity index (χ3n) is 2.54. The topological polar surface area (TPSA) is 52.0 Å². The molecule has 0 N–H and O–H groups in total. The number of benzene rings is 1. The summed E-state index contributed by atoms with van der Waals surface area (Å²) in [6.45, 7) is 3.56. The standard InChI is InChI=1S/C12H14N2O2S/c1-3-17(15,16)12-7-5-4-6-11(12)14-9-10(2)8-13-14/h4-9H,3H2,1-2H3. The molecule has 90 valence electrons. The minimum absolute atomic E-state index is 0.0876. The number of hydrogen-bond acceptors (Lipinski definition) is 3. The molecule has 5 heteroatoms. The van der Waals surface area contributed by atoms with Crippen molar-refractivity contribution in [3.63, 3.8) is 0 Å². The van der Waals surface area contributed by atoms with E-state index in [0.717, 1.165) is 5.56 Å². The molecule has 0 aliphatic rings. The molecular weight excluding hydrogens is 236 g/mol. The van der Waals surface area contributed by atoms with Crippen molar-refractivity contribution in [1.29, 1.82) is 0 Å². The molecule has 0 fully saturated rings. The van der Waals surface area contributed by atoms with Crippen molar-refractivity contribution < 1.29 is 8.42 Å². The number of nitrogens with zero attached hydrogens (tertiary/aromatic N) is 2. The van der Waals surface area contributed by atoms with Gasteiger partial charge in [0.25, 0.3) is 0 Å². The molecular formula is C12H14N2O2S. The molecule has 0 saturated carbocycles. The highest BCUT2D eigenvalue weighted by atomic mass is 32.2. The van der Waals surface area contributed by atoms with Crippen LogP contribution in [-0.4, -0.2) is 24.0 Å². The average molecular weight is 250 g/mol. The maximum absolute atomic E-state index is 12.0. The fourth-order valence-electron chi connectivity index (χ4n) is 1.61. The van der Waals surface area contributed by atoms with E-state index in [1.54, 1.807) is 42.1 Å². The Morgan fingerprint density at radius 1 is 1.29 bits per heavy atom. The highest BCUT2D eigenvalue weighted by Gasteiger charge is 2.17. The van der Waals surface area contributed by atoms with Gasteiger partial charge in [-0.25, -0.2) is 13.1 Å². The summed E-state index contributed by atoms with van der Waals surface area (Å²) >= 11 is 0. The van der Waals surface area contributed by atoms with Crippen molar-refractivity contribution in [2.45, 2.75) is 18.7 Å². The first-order chi connectivity index (χ1) is 8.04. The SMILES string of the molecule is CCS(=O)(=O)c1ccccc1-n1cc(C)cn1. The zero-order chi connectivity index (χ0) is 12.5. The van der Waals surface area contributed by atoms with E-state index in [4.69, 9.17) is 0 Å². The van der Waals surface area contributed by atoms with Crippen LogP contribution >= 0.6 is 0 Å². The van der Waals surface area contributed by atoms with Gasteiger partial charge in [-0.3, -0.25) is 0 Å². The van der Waals surface area contributed by atoms with Gasteiger partial charge in [0.2, 0.25) is 0 Å². The molecule has 1 aromatic carbocycles. The maximum Gasteiger partial charge on any atom is 0.180 e. The van der Waals surface area contributed by atoms with Gasteiger partial charge in [0.15, 0.2) is 9.84 Å². The van der Waals surface area contributed by atoms with E-state index in [2.05, 4.69) is 5.10 Å². The van der Waals surface area contributed by atoms with Crippen LogP contribution in [0, 0.1) is 6.92 Å². The second kappa shape index (κ2) is 4.33. The van der Waals surface area contributed by atoms with E-state index in [1.165, 1.54) is 0 Å². The molecule has 4 nitrogen and oxygen atoms in total. The molecule has 1 heterocycles. The zero-order valence-corrected chi connectivity index (χ0v) is 10.6. The Morgan fingerprint density at radius 3 is 2.59 bits per heavy atom. The number of aryl methyl sites for hydroxylation is 1. The molecule has 17 heavy (non-hydrogen) atoms. The number of hydrogen-bond donors (Lipinski definition) is 0. The van der Waals surface area contributed by atoms with Crippen LogP contribution in [-0.2, 0) is 9.84 Å². The minimum atomic E-state index is -3.23. The van der Waals surface area contributed by atoms with Crippen molar-refractivity contribution in [3.05, 3.63) is 42.2 Å². The normalized spacial score (nSPS) is 11.6. The molecule has 2 rings (SSSR count). The summed E-state index contributed by atoms with van der Waals surface area (Å²) in [5, 5.41) is 4.15. The van der Waals surface area contributed by atoms with Gasteiger partial charge in [-0.05, 0) is 24.6 Å². The molecule has 0 radical (unpaired) electrons. The van der Waals surface area contributed by atoms with Crippen molar-refractivity contribution in [1.82, 2.24) is 9.78 Å². The van der Waals surface area contributed by atoms with E-state index in [0.29, 0.717) is 10.6 Å². The Morgan fingerprint density at radius 2 is 2.00 bits per heavy atom. The molecule has 0 aliphatic carbocycles. The van der Waals surface area contributed by atoms with Crippen LogP contribution in [0.4, 0.5) is 0 Å². The molecule has 1 aromatic heterocycles. The second-order valence-electron chi connectivity index (χ2n) is 3.83. The summed E-state index contributed by atoms with van der Waals surface area (Å²) in [6.07, 6.45) is 3.51. The number of sulfone groups is 1. The first-order valence-corrected chi connectivity index (χ1v) is 7.03. The van der Waals surface area contributed by atoms with Gasteiger partial charge in [0, 0.05) is 6.20 Å². The molecule has 0 aliphatic heterocycles. The predicted molar refractivity (Wildman–Crippen MR) is 66.0 cm³/mol. The van der Waals surface area contributed by atoms with Gasteiger partial charge in [0.1, 0.15) is 0 Å². The summed E-state index contributed by atoms with van der Waals surface area (Å²) < 4.78 is 25.5. The minimum Gasteiger partial charge on any atom is -0.239 e. The molecule has 0 bridgehead atoms. The van der Waals surface area contributed by atoms with E-state index in [9.17, 15) is 8.42 Å². The maximum atomic E-state index is 12.0.